The lowest BCUT2D eigenvalue weighted by atomic mass is 10.2. The molecule has 0 unspecified atom stereocenters. The van der Waals surface area contributed by atoms with E-state index in [0.29, 0.717) is 5.02 Å². The van der Waals surface area contributed by atoms with Gasteiger partial charge in [0.1, 0.15) is 5.52 Å². The highest BCUT2D eigenvalue weighted by molar-refractivity contribution is 7.25. The number of aromatic nitrogens is 1. The third kappa shape index (κ3) is 2.82. The molecule has 2 aromatic heterocycles. The van der Waals surface area contributed by atoms with E-state index in [9.17, 15) is 4.79 Å². The van der Waals surface area contributed by atoms with Crippen LogP contribution in [0.15, 0.2) is 47.3 Å². The van der Waals surface area contributed by atoms with Crippen molar-refractivity contribution in [1.82, 2.24) is 9.47 Å². The maximum absolute atomic E-state index is 13.3. The first-order valence-corrected chi connectivity index (χ1v) is 10.2. The van der Waals surface area contributed by atoms with Gasteiger partial charge >= 0.3 is 0 Å². The molecular formula is C21H21ClN2OS. The minimum atomic E-state index is 0.0983. The van der Waals surface area contributed by atoms with Gasteiger partial charge in [-0.1, -0.05) is 43.6 Å². The summed E-state index contributed by atoms with van der Waals surface area (Å²) in [5.41, 5.74) is 2.05. The highest BCUT2D eigenvalue weighted by Gasteiger charge is 2.17. The molecule has 0 fully saturated rings. The molecule has 0 spiro atoms. The second-order valence-corrected chi connectivity index (χ2v) is 7.93. The Morgan fingerprint density at radius 1 is 1.08 bits per heavy atom. The van der Waals surface area contributed by atoms with Crippen LogP contribution in [0.5, 0.6) is 0 Å². The second kappa shape index (κ2) is 7.03. The molecular weight excluding hydrogens is 364 g/mol. The van der Waals surface area contributed by atoms with Gasteiger partial charge in [-0.3, -0.25) is 4.79 Å². The average Bonchev–Trinajstić information content (AvgIpc) is 2.97. The molecule has 2 aromatic carbocycles. The molecule has 4 aromatic rings. The van der Waals surface area contributed by atoms with E-state index >= 15 is 0 Å². The summed E-state index contributed by atoms with van der Waals surface area (Å²) >= 11 is 7.81. The van der Waals surface area contributed by atoms with Crippen molar-refractivity contribution in [2.24, 2.45) is 0 Å². The summed E-state index contributed by atoms with van der Waals surface area (Å²) in [6.07, 6.45) is 0. The molecule has 0 aliphatic rings. The van der Waals surface area contributed by atoms with Crippen molar-refractivity contribution >= 4 is 54.1 Å². The molecule has 4 rings (SSSR count). The van der Waals surface area contributed by atoms with Crippen LogP contribution >= 0.6 is 22.9 Å². The van der Waals surface area contributed by atoms with Gasteiger partial charge in [0.25, 0.3) is 0 Å². The minimum Gasteiger partial charge on any atom is -0.335 e. The molecule has 134 valence electrons. The van der Waals surface area contributed by atoms with Crippen molar-refractivity contribution in [2.75, 3.05) is 19.6 Å². The first-order valence-electron chi connectivity index (χ1n) is 8.99. The van der Waals surface area contributed by atoms with E-state index < -0.39 is 0 Å². The fourth-order valence-corrected chi connectivity index (χ4v) is 5.12. The summed E-state index contributed by atoms with van der Waals surface area (Å²) in [6.45, 7) is 8.13. The van der Waals surface area contributed by atoms with Gasteiger partial charge in [-0.25, -0.2) is 0 Å². The molecule has 26 heavy (non-hydrogen) atoms. The zero-order valence-electron chi connectivity index (χ0n) is 15.0. The molecule has 0 aliphatic carbocycles. The Balaban J connectivity index is 2.02. The number of nitrogens with zero attached hydrogens (tertiary/aromatic N) is 2. The smallest absolute Gasteiger partial charge is 0.212 e. The third-order valence-electron chi connectivity index (χ3n) is 5.07. The van der Waals surface area contributed by atoms with Crippen LogP contribution in [-0.4, -0.2) is 29.1 Å². The molecule has 0 aliphatic heterocycles. The van der Waals surface area contributed by atoms with E-state index in [1.807, 2.05) is 24.3 Å². The zero-order valence-corrected chi connectivity index (χ0v) is 16.5. The number of rotatable bonds is 5. The Labute approximate surface area is 161 Å². The summed E-state index contributed by atoms with van der Waals surface area (Å²) in [5.74, 6) is 0. The lowest BCUT2D eigenvalue weighted by Gasteiger charge is -2.19. The van der Waals surface area contributed by atoms with Gasteiger partial charge < -0.3 is 9.47 Å². The number of halogens is 1. The molecule has 0 amide bonds. The van der Waals surface area contributed by atoms with Gasteiger partial charge in [0.15, 0.2) is 0 Å². The third-order valence-corrected chi connectivity index (χ3v) is 6.48. The van der Waals surface area contributed by atoms with Crippen LogP contribution in [0.1, 0.15) is 13.8 Å². The van der Waals surface area contributed by atoms with Crippen LogP contribution in [-0.2, 0) is 6.54 Å². The Bertz CT molecular complexity index is 1160. The van der Waals surface area contributed by atoms with E-state index in [2.05, 4.69) is 35.4 Å². The van der Waals surface area contributed by atoms with Gasteiger partial charge in [-0.15, -0.1) is 11.3 Å². The molecule has 0 bridgehead atoms. The van der Waals surface area contributed by atoms with E-state index in [1.54, 1.807) is 17.4 Å². The van der Waals surface area contributed by atoms with E-state index in [1.165, 1.54) is 0 Å². The number of hydrogen-bond donors (Lipinski definition) is 0. The van der Waals surface area contributed by atoms with Crippen molar-refractivity contribution in [3.05, 3.63) is 57.7 Å². The lowest BCUT2D eigenvalue weighted by Crippen LogP contribution is -2.27. The van der Waals surface area contributed by atoms with Gasteiger partial charge in [-0.05, 0) is 37.4 Å². The van der Waals surface area contributed by atoms with Crippen molar-refractivity contribution in [3.8, 4) is 0 Å². The molecule has 2 heterocycles. The van der Waals surface area contributed by atoms with E-state index in [-0.39, 0.29) is 5.43 Å². The fourth-order valence-electron chi connectivity index (χ4n) is 3.62. The van der Waals surface area contributed by atoms with Crippen LogP contribution in [0, 0.1) is 0 Å². The van der Waals surface area contributed by atoms with Crippen LogP contribution in [0.3, 0.4) is 0 Å². The Morgan fingerprint density at radius 2 is 1.85 bits per heavy atom. The SMILES string of the molecule is CCN(CC)CCn1c2ccccc2c2sc3cc(Cl)ccc3c(=O)c21. The summed E-state index contributed by atoms with van der Waals surface area (Å²) < 4.78 is 4.21. The molecule has 5 heteroatoms. The van der Waals surface area contributed by atoms with Crippen LogP contribution in [0.25, 0.3) is 31.2 Å². The number of benzene rings is 2. The number of hydrogen-bond acceptors (Lipinski definition) is 3. The number of likely N-dealkylation sites (N-methyl/N-ethyl adjacent to an activating group) is 1. The number of para-hydroxylation sites is 1. The Hall–Kier alpha value is -1.88. The van der Waals surface area contributed by atoms with Gasteiger partial charge in [0.05, 0.1) is 10.2 Å². The standard InChI is InChI=1S/C21H21ClN2OS/c1-3-23(4-2)11-12-24-17-8-6-5-7-15(17)21-19(24)20(25)16-10-9-14(22)13-18(16)26-21/h5-10,13H,3-4,11-12H2,1-2H3. The van der Waals surface area contributed by atoms with Crippen molar-refractivity contribution in [1.29, 1.82) is 0 Å². The molecule has 0 saturated carbocycles. The first-order chi connectivity index (χ1) is 12.6. The maximum atomic E-state index is 13.3. The normalized spacial score (nSPS) is 12.0. The highest BCUT2D eigenvalue weighted by atomic mass is 35.5. The average molecular weight is 385 g/mol. The molecule has 3 nitrogen and oxygen atoms in total. The van der Waals surface area contributed by atoms with Crippen molar-refractivity contribution in [3.63, 3.8) is 0 Å². The summed E-state index contributed by atoms with van der Waals surface area (Å²) in [6, 6.07) is 13.8. The van der Waals surface area contributed by atoms with Gasteiger partial charge in [0, 0.05) is 33.6 Å². The molecule has 0 radical (unpaired) electrons. The van der Waals surface area contributed by atoms with Crippen molar-refractivity contribution in [2.45, 2.75) is 20.4 Å². The molecule has 0 saturated heterocycles. The van der Waals surface area contributed by atoms with Gasteiger partial charge in [0.2, 0.25) is 5.43 Å². The first kappa shape index (κ1) is 17.5. The van der Waals surface area contributed by atoms with Crippen LogP contribution in [0.4, 0.5) is 0 Å². The topological polar surface area (TPSA) is 25.2 Å². The minimum absolute atomic E-state index is 0.0983. The predicted molar refractivity (Wildman–Crippen MR) is 114 cm³/mol. The summed E-state index contributed by atoms with van der Waals surface area (Å²) in [5, 5.41) is 2.56. The van der Waals surface area contributed by atoms with Crippen LogP contribution in [0.2, 0.25) is 5.02 Å². The maximum Gasteiger partial charge on any atom is 0.212 e. The summed E-state index contributed by atoms with van der Waals surface area (Å²) in [4.78, 5) is 15.7. The molecule has 0 N–H and O–H groups in total. The lowest BCUT2D eigenvalue weighted by molar-refractivity contribution is 0.293. The van der Waals surface area contributed by atoms with Crippen molar-refractivity contribution < 1.29 is 0 Å². The largest absolute Gasteiger partial charge is 0.335 e. The van der Waals surface area contributed by atoms with Gasteiger partial charge in [-0.2, -0.15) is 0 Å². The molecule has 0 atom stereocenters. The second-order valence-electron chi connectivity index (χ2n) is 6.45. The fraction of sp³-hybridized carbons (Fsp3) is 0.286. The van der Waals surface area contributed by atoms with Crippen LogP contribution < -0.4 is 5.43 Å². The summed E-state index contributed by atoms with van der Waals surface area (Å²) in [7, 11) is 0. The quantitative estimate of drug-likeness (QED) is 0.462. The zero-order chi connectivity index (χ0) is 18.3. The Morgan fingerprint density at radius 3 is 2.62 bits per heavy atom. The monoisotopic (exact) mass is 384 g/mol. The highest BCUT2D eigenvalue weighted by Crippen LogP contribution is 2.34. The predicted octanol–water partition coefficient (Wildman–Crippen LogP) is 5.36. The Kier molecular flexibility index (Phi) is 4.74. The van der Waals surface area contributed by atoms with E-state index in [0.717, 1.165) is 57.4 Å². The van der Waals surface area contributed by atoms with E-state index in [4.69, 9.17) is 11.6 Å². The number of fused-ring (bicyclic) bond motifs is 4.